The van der Waals surface area contributed by atoms with Gasteiger partial charge in [-0.1, -0.05) is 13.8 Å². The third-order valence-electron chi connectivity index (χ3n) is 4.04. The van der Waals surface area contributed by atoms with Gasteiger partial charge in [-0.3, -0.25) is 0 Å². The van der Waals surface area contributed by atoms with Crippen molar-refractivity contribution in [2.24, 2.45) is 5.41 Å². The topological polar surface area (TPSA) is 55.4 Å². The molecule has 0 radical (unpaired) electrons. The number of rotatable bonds is 6. The van der Waals surface area contributed by atoms with Gasteiger partial charge in [0.05, 0.1) is 37.9 Å². The number of ether oxygens (including phenoxy) is 6. The molecule has 6 heteroatoms. The predicted molar refractivity (Wildman–Crippen MR) is 80.1 cm³/mol. The van der Waals surface area contributed by atoms with Gasteiger partial charge in [0, 0.05) is 19.4 Å². The Kier molecular flexibility index (Phi) is 5.85. The van der Waals surface area contributed by atoms with Crippen molar-refractivity contribution in [2.75, 3.05) is 33.0 Å². The second-order valence-electron chi connectivity index (χ2n) is 6.33. The van der Waals surface area contributed by atoms with Crippen LogP contribution in [-0.2, 0) is 28.4 Å². The molecule has 0 aromatic heterocycles. The summed E-state index contributed by atoms with van der Waals surface area (Å²) in [6.07, 6.45) is 1.33. The molecule has 0 aromatic rings. The molecule has 130 valence electrons. The van der Waals surface area contributed by atoms with Crippen LogP contribution in [0, 0.1) is 5.41 Å². The van der Waals surface area contributed by atoms with Crippen LogP contribution >= 0.6 is 0 Å². The molecule has 2 rings (SSSR count). The van der Waals surface area contributed by atoms with Crippen molar-refractivity contribution in [3.05, 3.63) is 0 Å². The van der Waals surface area contributed by atoms with Crippen LogP contribution < -0.4 is 0 Å². The maximum Gasteiger partial charge on any atom is 0.282 e. The van der Waals surface area contributed by atoms with E-state index in [1.165, 1.54) is 0 Å². The second kappa shape index (κ2) is 7.11. The highest BCUT2D eigenvalue weighted by molar-refractivity contribution is 4.87. The summed E-state index contributed by atoms with van der Waals surface area (Å²) in [4.78, 5) is 0. The van der Waals surface area contributed by atoms with Gasteiger partial charge in [0.2, 0.25) is 0 Å². The fourth-order valence-electron chi connectivity index (χ4n) is 2.71. The van der Waals surface area contributed by atoms with Crippen molar-refractivity contribution >= 4 is 0 Å². The maximum atomic E-state index is 5.94. The molecule has 2 saturated heterocycles. The standard InChI is InChI=1S/C16H30O6/c1-6-15(17-8-3)18-9-14(10-19-15)11-20-16(7-2,21-12-14)22-13(4)5/h13H,6-12H2,1-5H3. The molecule has 2 heterocycles. The van der Waals surface area contributed by atoms with E-state index >= 15 is 0 Å². The average Bonchev–Trinajstić information content (AvgIpc) is 2.52. The van der Waals surface area contributed by atoms with Gasteiger partial charge in [-0.25, -0.2) is 0 Å². The van der Waals surface area contributed by atoms with Crippen LogP contribution in [0.5, 0.6) is 0 Å². The average molecular weight is 318 g/mol. The molecule has 2 aliphatic rings. The normalized spacial score (nSPS) is 39.5. The fraction of sp³-hybridized carbons (Fsp3) is 1.00. The molecule has 2 fully saturated rings. The largest absolute Gasteiger partial charge is 0.328 e. The predicted octanol–water partition coefficient (Wildman–Crippen LogP) is 2.66. The maximum absolute atomic E-state index is 5.94. The van der Waals surface area contributed by atoms with Gasteiger partial charge in [0.1, 0.15) is 0 Å². The molecule has 0 saturated carbocycles. The molecular weight excluding hydrogens is 288 g/mol. The lowest BCUT2D eigenvalue weighted by molar-refractivity contribution is -0.468. The van der Waals surface area contributed by atoms with E-state index in [4.69, 9.17) is 28.4 Å². The lowest BCUT2D eigenvalue weighted by Crippen LogP contribution is -2.60. The first-order valence-electron chi connectivity index (χ1n) is 8.30. The zero-order valence-electron chi connectivity index (χ0n) is 14.5. The van der Waals surface area contributed by atoms with Crippen LogP contribution in [0.2, 0.25) is 0 Å². The van der Waals surface area contributed by atoms with Crippen LogP contribution in [0.25, 0.3) is 0 Å². The van der Waals surface area contributed by atoms with Crippen LogP contribution in [0.4, 0.5) is 0 Å². The van der Waals surface area contributed by atoms with E-state index in [2.05, 4.69) is 0 Å². The molecular formula is C16H30O6. The Hall–Kier alpha value is -0.240. The van der Waals surface area contributed by atoms with E-state index in [0.717, 1.165) is 0 Å². The van der Waals surface area contributed by atoms with Crippen LogP contribution in [0.3, 0.4) is 0 Å². The van der Waals surface area contributed by atoms with Crippen molar-refractivity contribution in [1.82, 2.24) is 0 Å². The van der Waals surface area contributed by atoms with Gasteiger partial charge in [0.15, 0.2) is 0 Å². The zero-order chi connectivity index (χ0) is 16.3. The monoisotopic (exact) mass is 318 g/mol. The molecule has 0 unspecified atom stereocenters. The molecule has 6 nitrogen and oxygen atoms in total. The molecule has 0 amide bonds. The molecule has 0 atom stereocenters. The SMILES string of the molecule is CCOC1(CC)OCC2(CO1)COC(CC)(OC(C)C)OC2. The Bertz CT molecular complexity index is 339. The number of hydrogen-bond acceptors (Lipinski definition) is 6. The Balaban J connectivity index is 1.94. The zero-order valence-corrected chi connectivity index (χ0v) is 14.5. The van der Waals surface area contributed by atoms with Crippen molar-refractivity contribution < 1.29 is 28.4 Å². The van der Waals surface area contributed by atoms with Crippen molar-refractivity contribution in [2.45, 2.75) is 65.5 Å². The van der Waals surface area contributed by atoms with E-state index in [0.29, 0.717) is 45.9 Å². The van der Waals surface area contributed by atoms with E-state index in [1.807, 2.05) is 34.6 Å². The summed E-state index contributed by atoms with van der Waals surface area (Å²) in [7, 11) is 0. The van der Waals surface area contributed by atoms with Crippen LogP contribution in [0.15, 0.2) is 0 Å². The lowest BCUT2D eigenvalue weighted by atomic mass is 9.90. The molecule has 2 aliphatic heterocycles. The fourth-order valence-corrected chi connectivity index (χ4v) is 2.71. The van der Waals surface area contributed by atoms with Gasteiger partial charge in [0.25, 0.3) is 11.9 Å². The Morgan fingerprint density at radius 2 is 1.27 bits per heavy atom. The summed E-state index contributed by atoms with van der Waals surface area (Å²) in [5, 5.41) is 0. The quantitative estimate of drug-likeness (QED) is 0.750. The Morgan fingerprint density at radius 3 is 1.64 bits per heavy atom. The minimum Gasteiger partial charge on any atom is -0.328 e. The highest BCUT2D eigenvalue weighted by atomic mass is 16.9. The van der Waals surface area contributed by atoms with Crippen LogP contribution in [-0.4, -0.2) is 51.1 Å². The van der Waals surface area contributed by atoms with Crippen molar-refractivity contribution in [3.63, 3.8) is 0 Å². The van der Waals surface area contributed by atoms with E-state index in [-0.39, 0.29) is 11.5 Å². The first kappa shape index (κ1) is 18.1. The summed E-state index contributed by atoms with van der Waals surface area (Å²) in [5.41, 5.74) is -0.297. The summed E-state index contributed by atoms with van der Waals surface area (Å²) in [6.45, 7) is 12.3. The summed E-state index contributed by atoms with van der Waals surface area (Å²) >= 11 is 0. The smallest absolute Gasteiger partial charge is 0.282 e. The van der Waals surface area contributed by atoms with Crippen molar-refractivity contribution in [3.8, 4) is 0 Å². The molecule has 22 heavy (non-hydrogen) atoms. The first-order valence-corrected chi connectivity index (χ1v) is 8.30. The second-order valence-corrected chi connectivity index (χ2v) is 6.33. The molecule has 0 aliphatic carbocycles. The first-order chi connectivity index (χ1) is 10.4. The lowest BCUT2D eigenvalue weighted by Gasteiger charge is -2.50. The third kappa shape index (κ3) is 3.80. The van der Waals surface area contributed by atoms with Gasteiger partial charge in [-0.05, 0) is 20.8 Å². The van der Waals surface area contributed by atoms with Gasteiger partial charge >= 0.3 is 0 Å². The highest BCUT2D eigenvalue weighted by Gasteiger charge is 2.51. The van der Waals surface area contributed by atoms with Crippen molar-refractivity contribution in [1.29, 1.82) is 0 Å². The molecule has 0 N–H and O–H groups in total. The summed E-state index contributed by atoms with van der Waals surface area (Å²) in [5.74, 6) is -1.87. The molecule has 0 aromatic carbocycles. The minimum atomic E-state index is -0.946. The van der Waals surface area contributed by atoms with Gasteiger partial charge in [-0.15, -0.1) is 0 Å². The molecule has 1 spiro atoms. The summed E-state index contributed by atoms with van der Waals surface area (Å²) < 4.78 is 35.1. The van der Waals surface area contributed by atoms with Gasteiger partial charge in [-0.2, -0.15) is 0 Å². The Labute approximate surface area is 133 Å². The van der Waals surface area contributed by atoms with E-state index in [1.54, 1.807) is 0 Å². The summed E-state index contributed by atoms with van der Waals surface area (Å²) in [6, 6.07) is 0. The minimum absolute atomic E-state index is 0.0403. The van der Waals surface area contributed by atoms with Gasteiger partial charge < -0.3 is 28.4 Å². The Morgan fingerprint density at radius 1 is 0.818 bits per heavy atom. The van der Waals surface area contributed by atoms with Crippen LogP contribution in [0.1, 0.15) is 47.5 Å². The van der Waals surface area contributed by atoms with E-state index < -0.39 is 11.9 Å². The highest BCUT2D eigenvalue weighted by Crippen LogP contribution is 2.39. The number of hydrogen-bond donors (Lipinski definition) is 0. The third-order valence-corrected chi connectivity index (χ3v) is 4.04. The van der Waals surface area contributed by atoms with E-state index in [9.17, 15) is 0 Å². The molecule has 0 bridgehead atoms.